The van der Waals surface area contributed by atoms with Crippen molar-refractivity contribution in [2.75, 3.05) is 39.9 Å². The Hall–Kier alpha value is -0.600. The molecule has 0 saturated carbocycles. The summed E-state index contributed by atoms with van der Waals surface area (Å²) in [6.45, 7) is 6.28. The van der Waals surface area contributed by atoms with Gasteiger partial charge in [0.2, 0.25) is 0 Å². The van der Waals surface area contributed by atoms with E-state index >= 15 is 0 Å². The van der Waals surface area contributed by atoms with E-state index in [0.717, 1.165) is 63.0 Å². The summed E-state index contributed by atoms with van der Waals surface area (Å²) in [5.74, 6) is 1.35. The first-order chi connectivity index (χ1) is 12.1. The molecule has 2 rings (SSSR count). The fourth-order valence-corrected chi connectivity index (χ4v) is 3.26. The molecule has 0 unspecified atom stereocenters. The molecule has 1 aromatic carbocycles. The van der Waals surface area contributed by atoms with E-state index in [2.05, 4.69) is 24.2 Å². The Kier molecular flexibility index (Phi) is 11.5. The summed E-state index contributed by atoms with van der Waals surface area (Å²) in [6, 6.07) is 4.52. The number of ether oxygens (including phenoxy) is 1. The second-order valence-electron chi connectivity index (χ2n) is 6.49. The smallest absolute Gasteiger partial charge is 0.193 e. The molecule has 148 valence electrons. The molecule has 0 aliphatic carbocycles. The van der Waals surface area contributed by atoms with E-state index in [1.165, 1.54) is 12.1 Å². The number of aliphatic imine (C=N–C) groups is 1. The van der Waals surface area contributed by atoms with Gasteiger partial charge in [-0.05, 0) is 56.2 Å². The Bertz CT molecular complexity index is 568. The van der Waals surface area contributed by atoms with Gasteiger partial charge in [-0.25, -0.2) is 4.39 Å². The highest BCUT2D eigenvalue weighted by Crippen LogP contribution is 2.19. The number of guanidine groups is 1. The molecular weight excluding hydrogens is 468 g/mol. The van der Waals surface area contributed by atoms with Crippen molar-refractivity contribution in [3.8, 4) is 0 Å². The van der Waals surface area contributed by atoms with Crippen LogP contribution in [0.1, 0.15) is 31.7 Å². The fourth-order valence-electron chi connectivity index (χ4n) is 2.99. The van der Waals surface area contributed by atoms with E-state index in [1.807, 2.05) is 0 Å². The predicted molar refractivity (Wildman–Crippen MR) is 117 cm³/mol. The zero-order chi connectivity index (χ0) is 18.1. The molecule has 1 aliphatic heterocycles. The molecule has 0 atom stereocenters. The van der Waals surface area contributed by atoms with Crippen LogP contribution in [0.2, 0.25) is 5.02 Å². The molecule has 1 heterocycles. The van der Waals surface area contributed by atoms with Gasteiger partial charge >= 0.3 is 0 Å². The summed E-state index contributed by atoms with van der Waals surface area (Å²) in [5, 5.41) is 3.80. The van der Waals surface area contributed by atoms with Crippen LogP contribution in [0.5, 0.6) is 0 Å². The molecule has 0 bridgehead atoms. The van der Waals surface area contributed by atoms with Crippen LogP contribution in [0.4, 0.5) is 4.39 Å². The van der Waals surface area contributed by atoms with Crippen molar-refractivity contribution in [3.05, 3.63) is 34.6 Å². The van der Waals surface area contributed by atoms with Gasteiger partial charge in [0.15, 0.2) is 5.96 Å². The summed E-state index contributed by atoms with van der Waals surface area (Å²) in [4.78, 5) is 6.88. The molecule has 0 amide bonds. The van der Waals surface area contributed by atoms with Crippen LogP contribution in [0.3, 0.4) is 0 Å². The van der Waals surface area contributed by atoms with Crippen molar-refractivity contribution in [1.82, 2.24) is 10.2 Å². The lowest BCUT2D eigenvalue weighted by atomic mass is 9.96. The van der Waals surface area contributed by atoms with Gasteiger partial charge in [-0.2, -0.15) is 0 Å². The molecule has 0 aromatic heterocycles. The van der Waals surface area contributed by atoms with E-state index in [0.29, 0.717) is 18.0 Å². The largest absolute Gasteiger partial charge is 0.381 e. The topological polar surface area (TPSA) is 36.9 Å². The van der Waals surface area contributed by atoms with Crippen LogP contribution in [0.15, 0.2) is 23.2 Å². The first kappa shape index (κ1) is 23.4. The second kappa shape index (κ2) is 12.7. The first-order valence-corrected chi connectivity index (χ1v) is 9.49. The lowest BCUT2D eigenvalue weighted by molar-refractivity contribution is 0.0625. The number of halogens is 3. The minimum Gasteiger partial charge on any atom is -0.381 e. The third-order valence-corrected chi connectivity index (χ3v) is 4.92. The number of rotatable bonds is 7. The molecule has 1 aliphatic rings. The van der Waals surface area contributed by atoms with E-state index in [9.17, 15) is 4.39 Å². The Morgan fingerprint density at radius 1 is 1.38 bits per heavy atom. The maximum atomic E-state index is 13.1. The molecule has 0 radical (unpaired) electrons. The van der Waals surface area contributed by atoms with Gasteiger partial charge in [0.1, 0.15) is 5.82 Å². The van der Waals surface area contributed by atoms with Gasteiger partial charge in [0.25, 0.3) is 0 Å². The van der Waals surface area contributed by atoms with Crippen LogP contribution < -0.4 is 5.32 Å². The number of hydrogen-bond donors (Lipinski definition) is 1. The molecule has 4 nitrogen and oxygen atoms in total. The summed E-state index contributed by atoms with van der Waals surface area (Å²) in [6.07, 6.45) is 4.17. The van der Waals surface area contributed by atoms with E-state index in [-0.39, 0.29) is 29.8 Å². The third-order valence-electron chi connectivity index (χ3n) is 4.57. The first-order valence-electron chi connectivity index (χ1n) is 9.11. The zero-order valence-electron chi connectivity index (χ0n) is 15.6. The Balaban J connectivity index is 0.00000338. The quantitative estimate of drug-likeness (QED) is 0.346. The minimum atomic E-state index is -0.307. The molecular formula is C19H30ClFIN3O. The monoisotopic (exact) mass is 497 g/mol. The van der Waals surface area contributed by atoms with E-state index in [1.54, 1.807) is 6.07 Å². The number of nitrogens with one attached hydrogen (secondary N) is 1. The van der Waals surface area contributed by atoms with Gasteiger partial charge in [-0.1, -0.05) is 17.7 Å². The van der Waals surface area contributed by atoms with E-state index in [4.69, 9.17) is 21.3 Å². The lowest BCUT2D eigenvalue weighted by Gasteiger charge is -2.26. The molecule has 7 heteroatoms. The zero-order valence-corrected chi connectivity index (χ0v) is 18.7. The average Bonchev–Trinajstić information content (AvgIpc) is 2.61. The fraction of sp³-hybridized carbons (Fsp3) is 0.632. The minimum absolute atomic E-state index is 0. The molecule has 1 saturated heterocycles. The summed E-state index contributed by atoms with van der Waals surface area (Å²) in [5.41, 5.74) is 0.924. The van der Waals surface area contributed by atoms with E-state index < -0.39 is 0 Å². The SMILES string of the molecule is CCNC(=NCCc1ccc(F)cc1Cl)N(C)CCC1CCOCC1.I. The maximum Gasteiger partial charge on any atom is 0.193 e. The van der Waals surface area contributed by atoms with Crippen molar-refractivity contribution in [3.63, 3.8) is 0 Å². The molecule has 1 fully saturated rings. The van der Waals surface area contributed by atoms with Crippen LogP contribution in [-0.4, -0.2) is 50.8 Å². The van der Waals surface area contributed by atoms with Crippen LogP contribution >= 0.6 is 35.6 Å². The van der Waals surface area contributed by atoms with Crippen LogP contribution in [0, 0.1) is 11.7 Å². The molecule has 26 heavy (non-hydrogen) atoms. The number of nitrogens with zero attached hydrogens (tertiary/aromatic N) is 2. The molecule has 1 N–H and O–H groups in total. The predicted octanol–water partition coefficient (Wildman–Crippen LogP) is 4.35. The van der Waals surface area contributed by atoms with Crippen LogP contribution in [-0.2, 0) is 11.2 Å². The standard InChI is InChI=1S/C19H29ClFN3O.HI/c1-3-22-19(24(2)11-7-15-8-12-25-13-9-15)23-10-6-16-4-5-17(21)14-18(16)20;/h4-5,14-15H,3,6-13H2,1-2H3,(H,22,23);1H. The van der Waals surface area contributed by atoms with Crippen LogP contribution in [0.25, 0.3) is 0 Å². The normalized spacial score (nSPS) is 15.5. The Morgan fingerprint density at radius 3 is 2.77 bits per heavy atom. The van der Waals surface area contributed by atoms with Gasteiger partial charge in [0, 0.05) is 44.9 Å². The number of hydrogen-bond acceptors (Lipinski definition) is 2. The van der Waals surface area contributed by atoms with Gasteiger partial charge in [-0.3, -0.25) is 4.99 Å². The van der Waals surface area contributed by atoms with Crippen molar-refractivity contribution in [2.45, 2.75) is 32.6 Å². The number of benzene rings is 1. The van der Waals surface area contributed by atoms with Gasteiger partial charge in [-0.15, -0.1) is 24.0 Å². The third kappa shape index (κ3) is 7.96. The Morgan fingerprint density at radius 2 is 2.12 bits per heavy atom. The molecule has 0 spiro atoms. The molecule has 1 aromatic rings. The van der Waals surface area contributed by atoms with Gasteiger partial charge in [0.05, 0.1) is 0 Å². The lowest BCUT2D eigenvalue weighted by Crippen LogP contribution is -2.40. The highest BCUT2D eigenvalue weighted by Gasteiger charge is 2.15. The summed E-state index contributed by atoms with van der Waals surface area (Å²) in [7, 11) is 2.08. The van der Waals surface area contributed by atoms with Crippen molar-refractivity contribution >= 4 is 41.5 Å². The summed E-state index contributed by atoms with van der Waals surface area (Å²) >= 11 is 6.08. The van der Waals surface area contributed by atoms with Gasteiger partial charge < -0.3 is 15.0 Å². The van der Waals surface area contributed by atoms with Crippen molar-refractivity contribution in [1.29, 1.82) is 0 Å². The maximum absolute atomic E-state index is 13.1. The summed E-state index contributed by atoms with van der Waals surface area (Å²) < 4.78 is 18.5. The second-order valence-corrected chi connectivity index (χ2v) is 6.89. The highest BCUT2D eigenvalue weighted by atomic mass is 127. The highest BCUT2D eigenvalue weighted by molar-refractivity contribution is 14.0. The van der Waals surface area contributed by atoms with Crippen molar-refractivity contribution in [2.24, 2.45) is 10.9 Å². The average molecular weight is 498 g/mol. The van der Waals surface area contributed by atoms with Crippen molar-refractivity contribution < 1.29 is 9.13 Å². The Labute approximate surface area is 178 Å².